The average Bonchev–Trinajstić information content (AvgIpc) is 2.72. The molecule has 1 fully saturated rings. The molecule has 2 heterocycles. The van der Waals surface area contributed by atoms with Crippen LogP contribution >= 0.6 is 0 Å². The van der Waals surface area contributed by atoms with Crippen molar-refractivity contribution in [2.45, 2.75) is 19.6 Å². The average molecular weight is 325 g/mol. The van der Waals surface area contributed by atoms with Gasteiger partial charge in [0.15, 0.2) is 0 Å². The Morgan fingerprint density at radius 2 is 2.30 bits per heavy atom. The fourth-order valence-electron chi connectivity index (χ4n) is 3.05. The summed E-state index contributed by atoms with van der Waals surface area (Å²) >= 11 is 0. The fourth-order valence-corrected chi connectivity index (χ4v) is 3.05. The Morgan fingerprint density at radius 1 is 1.57 bits per heavy atom. The van der Waals surface area contributed by atoms with Crippen LogP contribution in [-0.2, 0) is 23.1 Å². The third kappa shape index (κ3) is 4.66. The molecule has 1 saturated heterocycles. The summed E-state index contributed by atoms with van der Waals surface area (Å²) in [6, 6.07) is 0. The summed E-state index contributed by atoms with van der Waals surface area (Å²) in [6.45, 7) is 6.06. The number of methoxy groups -OCH3 is 1. The van der Waals surface area contributed by atoms with E-state index in [2.05, 4.69) is 10.00 Å². The maximum absolute atomic E-state index is 11.0. The predicted octanol–water partition coefficient (Wildman–Crippen LogP) is -0.645. The van der Waals surface area contributed by atoms with Gasteiger partial charge in [-0.15, -0.1) is 0 Å². The zero-order valence-corrected chi connectivity index (χ0v) is 14.4. The highest BCUT2D eigenvalue weighted by atomic mass is 16.5. The van der Waals surface area contributed by atoms with Crippen molar-refractivity contribution in [2.24, 2.45) is 12.8 Å². The van der Waals surface area contributed by atoms with Crippen LogP contribution < -0.4 is 10.5 Å². The number of aromatic nitrogens is 2. The number of morpholine rings is 1. The Morgan fingerprint density at radius 3 is 2.96 bits per heavy atom. The van der Waals surface area contributed by atoms with Gasteiger partial charge in [0.1, 0.15) is 0 Å². The molecule has 0 spiro atoms. The van der Waals surface area contributed by atoms with Crippen LogP contribution in [0, 0.1) is 6.92 Å². The minimum Gasteiger partial charge on any atom is -0.481 e. The van der Waals surface area contributed by atoms with Crippen LogP contribution in [0.2, 0.25) is 0 Å². The fraction of sp³-hybridized carbons (Fsp3) is 0.733. The Labute approximate surface area is 137 Å². The van der Waals surface area contributed by atoms with Crippen molar-refractivity contribution >= 4 is 5.91 Å². The molecule has 0 aliphatic carbocycles. The zero-order chi connectivity index (χ0) is 17.0. The molecule has 1 unspecified atom stereocenters. The van der Waals surface area contributed by atoms with Crippen LogP contribution in [0.4, 0.5) is 0 Å². The number of ether oxygens (including phenoxy) is 2. The number of carbonyl (C=O) groups excluding carboxylic acids is 1. The first-order chi connectivity index (χ1) is 10.9. The third-order valence-corrected chi connectivity index (χ3v) is 4.03. The number of hydrogen-bond donors (Lipinski definition) is 1. The van der Waals surface area contributed by atoms with E-state index < -0.39 is 0 Å². The molecule has 0 radical (unpaired) electrons. The van der Waals surface area contributed by atoms with Gasteiger partial charge in [-0.25, -0.2) is 4.68 Å². The van der Waals surface area contributed by atoms with Crippen LogP contribution in [0.25, 0.3) is 0 Å². The summed E-state index contributed by atoms with van der Waals surface area (Å²) in [6.07, 6.45) is 0.0658. The lowest BCUT2D eigenvalue weighted by molar-refractivity contribution is -0.119. The van der Waals surface area contributed by atoms with Crippen molar-refractivity contribution in [3.8, 4) is 5.88 Å². The van der Waals surface area contributed by atoms with Crippen molar-refractivity contribution in [3.05, 3.63) is 11.3 Å². The maximum atomic E-state index is 11.0. The normalized spacial score (nSPS) is 19.3. The van der Waals surface area contributed by atoms with Gasteiger partial charge in [-0.05, 0) is 14.0 Å². The van der Waals surface area contributed by atoms with Gasteiger partial charge in [-0.3, -0.25) is 14.6 Å². The minimum absolute atomic E-state index is 0.0658. The standard InChI is InChI=1S/C15H27N5O3/c1-11-13(15(22-4)19(3)17-11)9-20-5-6-23-12(8-20)7-18(2)10-14(16)21/h12H,5-10H2,1-4H3,(H2,16,21). The number of hydrogen-bond acceptors (Lipinski definition) is 6. The predicted molar refractivity (Wildman–Crippen MR) is 86.2 cm³/mol. The number of primary amides is 1. The number of likely N-dealkylation sites (N-methyl/N-ethyl adjacent to an activating group) is 1. The number of rotatable bonds is 7. The first-order valence-corrected chi connectivity index (χ1v) is 7.78. The number of nitrogens with two attached hydrogens (primary N) is 1. The van der Waals surface area contributed by atoms with E-state index in [1.807, 2.05) is 25.9 Å². The zero-order valence-electron chi connectivity index (χ0n) is 14.4. The molecule has 2 N–H and O–H groups in total. The molecule has 1 aliphatic rings. The van der Waals surface area contributed by atoms with E-state index >= 15 is 0 Å². The van der Waals surface area contributed by atoms with Gasteiger partial charge in [-0.1, -0.05) is 0 Å². The second kappa shape index (κ2) is 7.76. The van der Waals surface area contributed by atoms with Gasteiger partial charge in [-0.2, -0.15) is 5.10 Å². The number of amides is 1. The molecule has 0 aromatic carbocycles. The van der Waals surface area contributed by atoms with Gasteiger partial charge in [0.25, 0.3) is 0 Å². The van der Waals surface area contributed by atoms with Gasteiger partial charge < -0.3 is 15.2 Å². The molecular formula is C15H27N5O3. The number of aryl methyl sites for hydroxylation is 2. The molecule has 23 heavy (non-hydrogen) atoms. The SMILES string of the molecule is COc1c(CN2CCOC(CN(C)CC(N)=O)C2)c(C)nn1C. The van der Waals surface area contributed by atoms with Crippen molar-refractivity contribution in [1.29, 1.82) is 0 Å². The van der Waals surface area contributed by atoms with Crippen molar-refractivity contribution < 1.29 is 14.3 Å². The highest BCUT2D eigenvalue weighted by Gasteiger charge is 2.24. The number of carbonyl (C=O) groups is 1. The summed E-state index contributed by atoms with van der Waals surface area (Å²) in [4.78, 5) is 15.2. The van der Waals surface area contributed by atoms with Crippen molar-refractivity contribution in [1.82, 2.24) is 19.6 Å². The highest BCUT2D eigenvalue weighted by molar-refractivity contribution is 5.75. The lowest BCUT2D eigenvalue weighted by Crippen LogP contribution is -2.47. The summed E-state index contributed by atoms with van der Waals surface area (Å²) in [7, 11) is 5.43. The molecule has 8 heteroatoms. The van der Waals surface area contributed by atoms with Crippen molar-refractivity contribution in [2.75, 3.05) is 46.9 Å². The summed E-state index contributed by atoms with van der Waals surface area (Å²) in [5.41, 5.74) is 7.32. The Hall–Kier alpha value is -1.64. The Bertz CT molecular complexity index is 545. The van der Waals surface area contributed by atoms with Crippen LogP contribution in [0.3, 0.4) is 0 Å². The lowest BCUT2D eigenvalue weighted by atomic mass is 10.2. The van der Waals surface area contributed by atoms with E-state index in [4.69, 9.17) is 15.2 Å². The second-order valence-electron chi connectivity index (χ2n) is 6.09. The summed E-state index contributed by atoms with van der Waals surface area (Å²) in [5.74, 6) is 0.479. The van der Waals surface area contributed by atoms with Crippen LogP contribution in [0.5, 0.6) is 5.88 Å². The largest absolute Gasteiger partial charge is 0.481 e. The van der Waals surface area contributed by atoms with E-state index in [1.165, 1.54) is 0 Å². The van der Waals surface area contributed by atoms with E-state index in [0.717, 1.165) is 36.8 Å². The molecule has 2 rings (SSSR count). The van der Waals surface area contributed by atoms with E-state index in [9.17, 15) is 4.79 Å². The van der Waals surface area contributed by atoms with Crippen LogP contribution in [0.1, 0.15) is 11.3 Å². The minimum atomic E-state index is -0.323. The third-order valence-electron chi connectivity index (χ3n) is 4.03. The number of nitrogens with zero attached hydrogens (tertiary/aromatic N) is 4. The highest BCUT2D eigenvalue weighted by Crippen LogP contribution is 2.23. The van der Waals surface area contributed by atoms with Crippen LogP contribution in [0.15, 0.2) is 0 Å². The topological polar surface area (TPSA) is 85.8 Å². The van der Waals surface area contributed by atoms with Gasteiger partial charge >= 0.3 is 0 Å². The summed E-state index contributed by atoms with van der Waals surface area (Å²) < 4.78 is 13.0. The van der Waals surface area contributed by atoms with Crippen LogP contribution in [-0.4, -0.2) is 78.5 Å². The first-order valence-electron chi connectivity index (χ1n) is 7.78. The molecule has 130 valence electrons. The molecule has 0 saturated carbocycles. The smallest absolute Gasteiger partial charge is 0.231 e. The van der Waals surface area contributed by atoms with Gasteiger partial charge in [0.2, 0.25) is 11.8 Å². The molecule has 1 aromatic rings. The Kier molecular flexibility index (Phi) is 5.97. The molecule has 0 bridgehead atoms. The van der Waals surface area contributed by atoms with Gasteiger partial charge in [0.05, 0.1) is 37.6 Å². The molecular weight excluding hydrogens is 298 g/mol. The quantitative estimate of drug-likeness (QED) is 0.717. The molecule has 8 nitrogen and oxygen atoms in total. The molecule has 1 atom stereocenters. The summed E-state index contributed by atoms with van der Waals surface area (Å²) in [5, 5.41) is 4.42. The van der Waals surface area contributed by atoms with Gasteiger partial charge in [0, 0.05) is 33.2 Å². The van der Waals surface area contributed by atoms with E-state index in [1.54, 1.807) is 11.8 Å². The lowest BCUT2D eigenvalue weighted by Gasteiger charge is -2.34. The Balaban J connectivity index is 1.95. The maximum Gasteiger partial charge on any atom is 0.231 e. The van der Waals surface area contributed by atoms with E-state index in [-0.39, 0.29) is 18.6 Å². The molecule has 1 amide bonds. The monoisotopic (exact) mass is 325 g/mol. The first kappa shape index (κ1) is 17.7. The second-order valence-corrected chi connectivity index (χ2v) is 6.09. The molecule has 1 aliphatic heterocycles. The van der Waals surface area contributed by atoms with E-state index in [0.29, 0.717) is 13.2 Å². The van der Waals surface area contributed by atoms with Crippen molar-refractivity contribution in [3.63, 3.8) is 0 Å². The molecule has 1 aromatic heterocycles.